The van der Waals surface area contributed by atoms with Crippen molar-refractivity contribution in [1.29, 1.82) is 0 Å². The Morgan fingerprint density at radius 1 is 1.40 bits per heavy atom. The van der Waals surface area contributed by atoms with Gasteiger partial charge in [-0.25, -0.2) is 12.7 Å². The molecule has 1 heterocycles. The van der Waals surface area contributed by atoms with Crippen LogP contribution in [-0.2, 0) is 10.0 Å². The number of benzene rings is 1. The van der Waals surface area contributed by atoms with Gasteiger partial charge in [0.1, 0.15) is 5.69 Å². The molecule has 25 heavy (non-hydrogen) atoms. The zero-order valence-corrected chi connectivity index (χ0v) is 15.9. The molecule has 0 saturated carbocycles. The molecule has 1 fully saturated rings. The van der Waals surface area contributed by atoms with Gasteiger partial charge in [0.05, 0.1) is 9.82 Å². The van der Waals surface area contributed by atoms with Gasteiger partial charge >= 0.3 is 0 Å². The number of nitrogens with one attached hydrogen (secondary N) is 2. The lowest BCUT2D eigenvalue weighted by molar-refractivity contribution is -0.384. The fraction of sp³-hybridized carbons (Fsp3) is 0.625. The molecular formula is C16H26N4O4S. The fourth-order valence-corrected chi connectivity index (χ4v) is 3.94. The summed E-state index contributed by atoms with van der Waals surface area (Å²) >= 11 is 0. The summed E-state index contributed by atoms with van der Waals surface area (Å²) in [5.41, 5.74) is 0.177. The van der Waals surface area contributed by atoms with E-state index >= 15 is 0 Å². The molecule has 1 aliphatic rings. The van der Waals surface area contributed by atoms with E-state index in [1.165, 1.54) is 26.2 Å². The van der Waals surface area contributed by atoms with Crippen LogP contribution in [0.4, 0.5) is 11.4 Å². The van der Waals surface area contributed by atoms with Gasteiger partial charge in [-0.15, -0.1) is 0 Å². The van der Waals surface area contributed by atoms with E-state index in [0.29, 0.717) is 12.2 Å². The van der Waals surface area contributed by atoms with Crippen LogP contribution in [0.5, 0.6) is 0 Å². The van der Waals surface area contributed by atoms with E-state index in [1.807, 2.05) is 0 Å². The van der Waals surface area contributed by atoms with E-state index in [2.05, 4.69) is 24.5 Å². The molecule has 2 N–H and O–H groups in total. The van der Waals surface area contributed by atoms with E-state index in [-0.39, 0.29) is 22.0 Å². The Bertz CT molecular complexity index is 747. The second-order valence-electron chi connectivity index (χ2n) is 7.20. The van der Waals surface area contributed by atoms with Crippen molar-refractivity contribution in [3.8, 4) is 0 Å². The lowest BCUT2D eigenvalue weighted by Gasteiger charge is -2.39. The highest BCUT2D eigenvalue weighted by Gasteiger charge is 2.32. The van der Waals surface area contributed by atoms with Crippen molar-refractivity contribution in [3.63, 3.8) is 0 Å². The minimum Gasteiger partial charge on any atom is -0.378 e. The molecule has 1 aliphatic heterocycles. The van der Waals surface area contributed by atoms with Crippen molar-refractivity contribution in [2.45, 2.75) is 37.6 Å². The van der Waals surface area contributed by atoms with Crippen LogP contribution in [0.25, 0.3) is 0 Å². The molecule has 1 unspecified atom stereocenters. The summed E-state index contributed by atoms with van der Waals surface area (Å²) in [5, 5.41) is 17.9. The average Bonchev–Trinajstić information content (AvgIpc) is 2.53. The quantitative estimate of drug-likeness (QED) is 0.586. The smallest absolute Gasteiger partial charge is 0.293 e. The minimum atomic E-state index is -3.71. The number of hydrogen-bond acceptors (Lipinski definition) is 6. The molecule has 9 heteroatoms. The normalized spacial score (nSPS) is 20.4. The monoisotopic (exact) mass is 370 g/mol. The Kier molecular flexibility index (Phi) is 5.70. The maximum atomic E-state index is 12.2. The molecular weight excluding hydrogens is 344 g/mol. The summed E-state index contributed by atoms with van der Waals surface area (Å²) in [5.74, 6) is 0. The standard InChI is InChI=1S/C16H26N4O4S/c1-16(2)8-5-9-17-15(16)11-18-13-7-6-12(10-14(13)20(21)22)25(23,24)19(3)4/h6-7,10,15,17-18H,5,8-9,11H2,1-4H3. The number of sulfonamides is 1. The van der Waals surface area contributed by atoms with E-state index in [1.54, 1.807) is 0 Å². The van der Waals surface area contributed by atoms with Crippen LogP contribution < -0.4 is 10.6 Å². The summed E-state index contributed by atoms with van der Waals surface area (Å²) < 4.78 is 25.4. The van der Waals surface area contributed by atoms with Gasteiger partial charge in [-0.3, -0.25) is 10.1 Å². The molecule has 0 amide bonds. The highest BCUT2D eigenvalue weighted by atomic mass is 32.2. The Morgan fingerprint density at radius 3 is 2.64 bits per heavy atom. The first-order valence-corrected chi connectivity index (χ1v) is 9.68. The Hall–Kier alpha value is -1.71. The number of nitro benzene ring substituents is 1. The number of nitro groups is 1. The van der Waals surface area contributed by atoms with Crippen molar-refractivity contribution in [2.75, 3.05) is 32.5 Å². The zero-order valence-electron chi connectivity index (χ0n) is 15.1. The maximum Gasteiger partial charge on any atom is 0.293 e. The van der Waals surface area contributed by atoms with Gasteiger partial charge in [0, 0.05) is 32.7 Å². The van der Waals surface area contributed by atoms with Gasteiger partial charge in [0.15, 0.2) is 0 Å². The van der Waals surface area contributed by atoms with Gasteiger partial charge in [0.2, 0.25) is 10.0 Å². The zero-order chi connectivity index (χ0) is 18.8. The van der Waals surface area contributed by atoms with Crippen LogP contribution in [0, 0.1) is 15.5 Å². The van der Waals surface area contributed by atoms with Crippen LogP contribution in [0.2, 0.25) is 0 Å². The Morgan fingerprint density at radius 2 is 2.08 bits per heavy atom. The summed E-state index contributed by atoms with van der Waals surface area (Å²) in [6.45, 7) is 5.81. The van der Waals surface area contributed by atoms with Gasteiger partial charge in [-0.05, 0) is 36.9 Å². The molecule has 1 aromatic rings. The molecule has 0 spiro atoms. The molecule has 0 aromatic heterocycles. The Labute approximate surface area is 148 Å². The first kappa shape index (κ1) is 19.6. The Balaban J connectivity index is 2.25. The van der Waals surface area contributed by atoms with Crippen LogP contribution in [-0.4, -0.2) is 50.9 Å². The molecule has 1 aromatic carbocycles. The third kappa shape index (κ3) is 4.28. The van der Waals surface area contributed by atoms with E-state index < -0.39 is 14.9 Å². The molecule has 140 valence electrons. The SMILES string of the molecule is CN(C)S(=O)(=O)c1ccc(NCC2NCCCC2(C)C)c([N+](=O)[O-])c1. The van der Waals surface area contributed by atoms with Crippen LogP contribution >= 0.6 is 0 Å². The summed E-state index contributed by atoms with van der Waals surface area (Å²) in [6.07, 6.45) is 2.20. The topological polar surface area (TPSA) is 105 Å². The third-order valence-corrected chi connectivity index (χ3v) is 6.58. The molecule has 0 aliphatic carbocycles. The molecule has 0 bridgehead atoms. The third-order valence-electron chi connectivity index (χ3n) is 4.77. The number of piperidine rings is 1. The lowest BCUT2D eigenvalue weighted by atomic mass is 9.77. The fourth-order valence-electron chi connectivity index (χ4n) is 3.01. The van der Waals surface area contributed by atoms with E-state index in [4.69, 9.17) is 0 Å². The number of hydrogen-bond donors (Lipinski definition) is 2. The predicted molar refractivity (Wildman–Crippen MR) is 97.3 cm³/mol. The van der Waals surface area contributed by atoms with E-state index in [0.717, 1.165) is 29.8 Å². The van der Waals surface area contributed by atoms with Crippen LogP contribution in [0.15, 0.2) is 23.1 Å². The van der Waals surface area contributed by atoms with Gasteiger partial charge < -0.3 is 10.6 Å². The minimum absolute atomic E-state index is 0.0915. The van der Waals surface area contributed by atoms with Gasteiger partial charge in [-0.2, -0.15) is 0 Å². The largest absolute Gasteiger partial charge is 0.378 e. The van der Waals surface area contributed by atoms with Crippen molar-refractivity contribution in [1.82, 2.24) is 9.62 Å². The van der Waals surface area contributed by atoms with Crippen molar-refractivity contribution < 1.29 is 13.3 Å². The maximum absolute atomic E-state index is 12.2. The first-order valence-electron chi connectivity index (χ1n) is 8.24. The molecule has 0 radical (unpaired) electrons. The molecule has 1 saturated heterocycles. The van der Waals surface area contributed by atoms with Crippen LogP contribution in [0.3, 0.4) is 0 Å². The summed E-state index contributed by atoms with van der Waals surface area (Å²) in [7, 11) is -0.929. The summed E-state index contributed by atoms with van der Waals surface area (Å²) in [4.78, 5) is 10.7. The number of nitrogens with zero attached hydrogens (tertiary/aromatic N) is 2. The van der Waals surface area contributed by atoms with Crippen molar-refractivity contribution in [2.24, 2.45) is 5.41 Å². The van der Waals surface area contributed by atoms with E-state index in [9.17, 15) is 18.5 Å². The number of rotatable bonds is 6. The predicted octanol–water partition coefficient (Wildman–Crippen LogP) is 2.04. The lowest BCUT2D eigenvalue weighted by Crippen LogP contribution is -2.50. The van der Waals surface area contributed by atoms with Crippen LogP contribution in [0.1, 0.15) is 26.7 Å². The highest BCUT2D eigenvalue weighted by molar-refractivity contribution is 7.89. The number of anilines is 1. The second kappa shape index (κ2) is 7.27. The highest BCUT2D eigenvalue weighted by Crippen LogP contribution is 2.32. The van der Waals surface area contributed by atoms with Crippen molar-refractivity contribution in [3.05, 3.63) is 28.3 Å². The first-order chi connectivity index (χ1) is 11.6. The van der Waals surface area contributed by atoms with Gasteiger partial charge in [0.25, 0.3) is 5.69 Å². The summed E-state index contributed by atoms with van der Waals surface area (Å²) in [6, 6.07) is 4.15. The molecule has 8 nitrogen and oxygen atoms in total. The van der Waals surface area contributed by atoms with Crippen molar-refractivity contribution >= 4 is 21.4 Å². The average molecular weight is 370 g/mol. The second-order valence-corrected chi connectivity index (χ2v) is 9.36. The molecule has 1 atom stereocenters. The molecule has 2 rings (SSSR count). The van der Waals surface area contributed by atoms with Gasteiger partial charge in [-0.1, -0.05) is 13.8 Å².